The highest BCUT2D eigenvalue weighted by atomic mass is 32.2. The number of nitrogens with zero attached hydrogens (tertiary/aromatic N) is 4. The molecule has 36 heavy (non-hydrogen) atoms. The Morgan fingerprint density at radius 1 is 1.14 bits per heavy atom. The van der Waals surface area contributed by atoms with E-state index in [1.165, 1.54) is 73.7 Å². The fourth-order valence-corrected chi connectivity index (χ4v) is 4.62. The van der Waals surface area contributed by atoms with E-state index in [-0.39, 0.29) is 28.5 Å². The van der Waals surface area contributed by atoms with Gasteiger partial charge in [0.1, 0.15) is 11.6 Å². The first-order valence-electron chi connectivity index (χ1n) is 10.5. The molecule has 186 valence electrons. The van der Waals surface area contributed by atoms with Gasteiger partial charge in [-0.05, 0) is 30.3 Å². The predicted octanol–water partition coefficient (Wildman–Crippen LogP) is 2.20. The number of hydrogen-bond donors (Lipinski definition) is 1. The summed E-state index contributed by atoms with van der Waals surface area (Å²) in [6.07, 6.45) is 5.24. The maximum Gasteiger partial charge on any atom is 0.254 e. The number of carbonyl (C=O) groups is 2. The summed E-state index contributed by atoms with van der Waals surface area (Å²) in [6.45, 7) is -0.280. The fraction of sp³-hybridized carbons (Fsp3) is 0.167. The number of methoxy groups -OCH3 is 1. The van der Waals surface area contributed by atoms with Gasteiger partial charge in [-0.1, -0.05) is 6.07 Å². The molecule has 2 amide bonds. The van der Waals surface area contributed by atoms with Crippen molar-refractivity contribution in [3.8, 4) is 22.8 Å². The monoisotopic (exact) mass is 511 g/mol. The summed E-state index contributed by atoms with van der Waals surface area (Å²) in [6, 6.07) is 8.74. The minimum Gasteiger partial charge on any atom is -0.497 e. The zero-order valence-electron chi connectivity index (χ0n) is 19.6. The van der Waals surface area contributed by atoms with Gasteiger partial charge in [-0.15, -0.1) is 0 Å². The van der Waals surface area contributed by atoms with Crippen LogP contribution in [0, 0.1) is 5.82 Å². The third-order valence-electron chi connectivity index (χ3n) is 5.49. The highest BCUT2D eigenvalue weighted by Gasteiger charge is 2.22. The van der Waals surface area contributed by atoms with Crippen LogP contribution in [0.1, 0.15) is 10.4 Å². The van der Waals surface area contributed by atoms with Crippen molar-refractivity contribution in [3.63, 3.8) is 0 Å². The molecule has 0 aliphatic carbocycles. The normalized spacial score (nSPS) is 11.4. The average molecular weight is 512 g/mol. The van der Waals surface area contributed by atoms with Crippen molar-refractivity contribution in [2.45, 2.75) is 4.90 Å². The van der Waals surface area contributed by atoms with E-state index in [9.17, 15) is 22.4 Å². The van der Waals surface area contributed by atoms with Gasteiger partial charge in [-0.2, -0.15) is 0 Å². The van der Waals surface area contributed by atoms with Gasteiger partial charge in [0.25, 0.3) is 5.91 Å². The number of rotatable bonds is 7. The molecule has 0 unspecified atom stereocenters. The molecule has 0 atom stereocenters. The number of amides is 2. The van der Waals surface area contributed by atoms with Gasteiger partial charge in [0.15, 0.2) is 9.84 Å². The number of hydrogen-bond acceptors (Lipinski definition) is 7. The molecule has 0 saturated carbocycles. The zero-order chi connectivity index (χ0) is 26.2. The number of carbonyl (C=O) groups excluding carboxylic acids is 2. The zero-order valence-corrected chi connectivity index (χ0v) is 20.4. The lowest BCUT2D eigenvalue weighted by atomic mass is 10.1. The minimum absolute atomic E-state index is 0.0218. The molecule has 2 heterocycles. The molecule has 2 aromatic carbocycles. The Kier molecular flexibility index (Phi) is 6.46. The van der Waals surface area contributed by atoms with E-state index in [4.69, 9.17) is 10.5 Å². The summed E-state index contributed by atoms with van der Waals surface area (Å²) in [5, 5.41) is 0.359. The van der Waals surface area contributed by atoms with Gasteiger partial charge in [0.2, 0.25) is 11.9 Å². The smallest absolute Gasteiger partial charge is 0.254 e. The summed E-state index contributed by atoms with van der Waals surface area (Å²) in [7, 11) is -0.744. The second-order valence-corrected chi connectivity index (χ2v) is 10.1. The number of likely N-dealkylation sites (N-methyl/N-ethyl adjacent to an activating group) is 1. The van der Waals surface area contributed by atoms with E-state index in [2.05, 4.69) is 9.97 Å². The van der Waals surface area contributed by atoms with Crippen LogP contribution in [-0.2, 0) is 14.6 Å². The highest BCUT2D eigenvalue weighted by Crippen LogP contribution is 2.30. The molecule has 0 spiro atoms. The van der Waals surface area contributed by atoms with Crippen LogP contribution in [0.2, 0.25) is 0 Å². The maximum atomic E-state index is 14.4. The van der Waals surface area contributed by atoms with Crippen molar-refractivity contribution in [1.29, 1.82) is 0 Å². The second kappa shape index (κ2) is 9.38. The van der Waals surface area contributed by atoms with Crippen LogP contribution >= 0.6 is 0 Å². The molecule has 2 aromatic heterocycles. The Morgan fingerprint density at radius 2 is 1.83 bits per heavy atom. The van der Waals surface area contributed by atoms with Crippen molar-refractivity contribution in [2.75, 3.05) is 27.0 Å². The van der Waals surface area contributed by atoms with Crippen molar-refractivity contribution >= 4 is 32.6 Å². The van der Waals surface area contributed by atoms with E-state index >= 15 is 0 Å². The standard InChI is InChI=1S/C24H22FN5O5S/c1-29(13-22(26)31)23(32)14-4-6-17-20(8-14)30(12-21(17)36(3,33)34)24-27-10-15(11-28-24)18-9-16(35-2)5-7-19(18)25/h4-12H,13H2,1-3H3,(H2,26,31). The van der Waals surface area contributed by atoms with Crippen molar-refractivity contribution in [1.82, 2.24) is 19.4 Å². The van der Waals surface area contributed by atoms with Crippen LogP contribution in [0.4, 0.5) is 4.39 Å². The van der Waals surface area contributed by atoms with E-state index < -0.39 is 27.5 Å². The number of nitrogens with two attached hydrogens (primary N) is 1. The van der Waals surface area contributed by atoms with E-state index in [0.717, 1.165) is 11.2 Å². The minimum atomic E-state index is -3.64. The molecular formula is C24H22FN5O5S. The molecule has 12 heteroatoms. The van der Waals surface area contributed by atoms with Crippen LogP contribution in [0.25, 0.3) is 28.0 Å². The number of sulfone groups is 1. The van der Waals surface area contributed by atoms with Crippen molar-refractivity contribution in [2.24, 2.45) is 5.73 Å². The Balaban J connectivity index is 1.82. The Hall–Kier alpha value is -4.32. The molecule has 0 fully saturated rings. The summed E-state index contributed by atoms with van der Waals surface area (Å²) in [5.41, 5.74) is 6.37. The first-order chi connectivity index (χ1) is 17.0. The van der Waals surface area contributed by atoms with Crippen LogP contribution in [0.3, 0.4) is 0 Å². The molecule has 2 N–H and O–H groups in total. The highest BCUT2D eigenvalue weighted by molar-refractivity contribution is 7.91. The molecular weight excluding hydrogens is 489 g/mol. The summed E-state index contributed by atoms with van der Waals surface area (Å²) < 4.78 is 45.8. The summed E-state index contributed by atoms with van der Waals surface area (Å²) in [5.74, 6) is -1.06. The van der Waals surface area contributed by atoms with Gasteiger partial charge in [-0.3, -0.25) is 14.2 Å². The predicted molar refractivity (Wildman–Crippen MR) is 130 cm³/mol. The van der Waals surface area contributed by atoms with Crippen LogP contribution in [0.15, 0.2) is 59.9 Å². The fourth-order valence-electron chi connectivity index (χ4n) is 3.75. The molecule has 10 nitrogen and oxygen atoms in total. The topological polar surface area (TPSA) is 137 Å². The first-order valence-corrected chi connectivity index (χ1v) is 12.4. The largest absolute Gasteiger partial charge is 0.497 e. The number of aromatic nitrogens is 3. The first kappa shape index (κ1) is 24.8. The quantitative estimate of drug-likeness (QED) is 0.401. The third kappa shape index (κ3) is 4.75. The molecule has 4 rings (SSSR count). The lowest BCUT2D eigenvalue weighted by Gasteiger charge is -2.15. The molecule has 0 saturated heterocycles. The lowest BCUT2D eigenvalue weighted by Crippen LogP contribution is -2.35. The molecule has 0 bridgehead atoms. The summed E-state index contributed by atoms with van der Waals surface area (Å²) in [4.78, 5) is 33.8. The van der Waals surface area contributed by atoms with Crippen LogP contribution in [0.5, 0.6) is 5.75 Å². The summed E-state index contributed by atoms with van der Waals surface area (Å²) >= 11 is 0. The van der Waals surface area contributed by atoms with Crippen molar-refractivity contribution in [3.05, 3.63) is 66.4 Å². The van der Waals surface area contributed by atoms with Gasteiger partial charge in [0, 0.05) is 54.0 Å². The number of halogens is 1. The molecule has 4 aromatic rings. The van der Waals surface area contributed by atoms with Gasteiger partial charge >= 0.3 is 0 Å². The number of ether oxygens (including phenoxy) is 1. The number of primary amides is 1. The maximum absolute atomic E-state index is 14.4. The van der Waals surface area contributed by atoms with E-state index in [0.29, 0.717) is 22.2 Å². The second-order valence-electron chi connectivity index (χ2n) is 8.11. The van der Waals surface area contributed by atoms with Crippen molar-refractivity contribution < 1.29 is 27.1 Å². The Labute approximate surface area is 206 Å². The average Bonchev–Trinajstić information content (AvgIpc) is 3.23. The number of fused-ring (bicyclic) bond motifs is 1. The van der Waals surface area contributed by atoms with Crippen LogP contribution in [-0.4, -0.2) is 66.6 Å². The Morgan fingerprint density at radius 3 is 2.44 bits per heavy atom. The Bertz CT molecular complexity index is 1600. The van der Waals surface area contributed by atoms with E-state index in [1.54, 1.807) is 0 Å². The SMILES string of the molecule is COc1ccc(F)c(-c2cnc(-n3cc(S(C)(=O)=O)c4ccc(C(=O)N(C)CC(N)=O)cc43)nc2)c1. The molecule has 0 aliphatic rings. The molecule has 0 radical (unpaired) electrons. The third-order valence-corrected chi connectivity index (χ3v) is 6.62. The van der Waals surface area contributed by atoms with Crippen LogP contribution < -0.4 is 10.5 Å². The van der Waals surface area contributed by atoms with Gasteiger partial charge in [0.05, 0.1) is 24.1 Å². The van der Waals surface area contributed by atoms with Gasteiger partial charge < -0.3 is 15.4 Å². The number of benzene rings is 2. The van der Waals surface area contributed by atoms with Gasteiger partial charge in [-0.25, -0.2) is 22.8 Å². The molecule has 0 aliphatic heterocycles. The van der Waals surface area contributed by atoms with E-state index in [1.807, 2.05) is 0 Å². The lowest BCUT2D eigenvalue weighted by molar-refractivity contribution is -0.118.